The number of hydrogen-bond donors (Lipinski definition) is 3. The maximum atomic E-state index is 14.4. The summed E-state index contributed by atoms with van der Waals surface area (Å²) in [5.41, 5.74) is -5.05. The number of thiazole rings is 1. The first-order valence-electron chi connectivity index (χ1n) is 15.9. The lowest BCUT2D eigenvalue weighted by atomic mass is 9.85. The average Bonchev–Trinajstić information content (AvgIpc) is 3.63. The number of anilines is 1. The highest BCUT2D eigenvalue weighted by atomic mass is 32.1. The van der Waals surface area contributed by atoms with Gasteiger partial charge < -0.3 is 20.0 Å². The Labute approximate surface area is 291 Å². The zero-order valence-corrected chi connectivity index (χ0v) is 30.1. The van der Waals surface area contributed by atoms with Gasteiger partial charge >= 0.3 is 13.3 Å². The van der Waals surface area contributed by atoms with Crippen molar-refractivity contribution >= 4 is 63.2 Å². The van der Waals surface area contributed by atoms with Crippen LogP contribution in [0.3, 0.4) is 0 Å². The van der Waals surface area contributed by atoms with E-state index in [4.69, 9.17) is 9.79 Å². The molecule has 1 saturated heterocycles. The first kappa shape index (κ1) is 36.7. The van der Waals surface area contributed by atoms with Gasteiger partial charge in [0.05, 0.1) is 9.75 Å². The number of benzene rings is 2. The highest BCUT2D eigenvalue weighted by Gasteiger charge is 2.50. The van der Waals surface area contributed by atoms with Crippen molar-refractivity contribution in [2.24, 2.45) is 5.41 Å². The fourth-order valence-electron chi connectivity index (χ4n) is 5.85. The first-order chi connectivity index (χ1) is 23.0. The third-order valence-electron chi connectivity index (χ3n) is 8.53. The van der Waals surface area contributed by atoms with Gasteiger partial charge in [0.25, 0.3) is 11.8 Å². The molecule has 3 heterocycles. The molecule has 0 bridgehead atoms. The molecule has 0 aliphatic carbocycles. The number of alkyl halides is 2. The van der Waals surface area contributed by atoms with Crippen molar-refractivity contribution in [3.8, 4) is 10.4 Å². The molecule has 262 valence electrons. The topological polar surface area (TPSA) is 140 Å². The molecule has 2 atom stereocenters. The summed E-state index contributed by atoms with van der Waals surface area (Å²) in [6, 6.07) is 12.5. The van der Waals surface area contributed by atoms with Crippen LogP contribution >= 0.6 is 30.3 Å². The number of hydrogen-bond acceptors (Lipinski definition) is 7. The van der Waals surface area contributed by atoms with Crippen molar-refractivity contribution in [3.05, 3.63) is 71.2 Å². The molecule has 2 unspecified atom stereocenters. The molecule has 15 heteroatoms. The van der Waals surface area contributed by atoms with Crippen LogP contribution in [0.1, 0.15) is 68.6 Å². The summed E-state index contributed by atoms with van der Waals surface area (Å²) in [5, 5.41) is 3.59. The Kier molecular flexibility index (Phi) is 10.8. The Morgan fingerprint density at radius 3 is 2.43 bits per heavy atom. The van der Waals surface area contributed by atoms with Crippen molar-refractivity contribution in [3.63, 3.8) is 0 Å². The molecule has 49 heavy (non-hydrogen) atoms. The lowest BCUT2D eigenvalue weighted by Gasteiger charge is -2.38. The van der Waals surface area contributed by atoms with Gasteiger partial charge in [-0.05, 0) is 54.3 Å². The molecule has 2 aromatic carbocycles. The van der Waals surface area contributed by atoms with E-state index in [1.54, 1.807) is 16.0 Å². The predicted molar refractivity (Wildman–Crippen MR) is 188 cm³/mol. The Balaban J connectivity index is 1.40. The second-order valence-electron chi connectivity index (χ2n) is 13.1. The number of nitrogens with one attached hydrogen (secondary N) is 1. The van der Waals surface area contributed by atoms with E-state index in [-0.39, 0.29) is 16.2 Å². The fraction of sp³-hybridized carbons (Fsp3) is 0.412. The second kappa shape index (κ2) is 14.4. The molecule has 5 rings (SSSR count). The molecule has 0 saturated carbocycles. The summed E-state index contributed by atoms with van der Waals surface area (Å²) in [7, 11) is -5.78. The van der Waals surface area contributed by atoms with E-state index in [2.05, 4.69) is 10.3 Å². The third kappa shape index (κ3) is 7.78. The van der Waals surface area contributed by atoms with E-state index in [1.807, 2.05) is 58.0 Å². The van der Waals surface area contributed by atoms with Crippen LogP contribution in [0.5, 0.6) is 0 Å². The van der Waals surface area contributed by atoms with E-state index in [1.165, 1.54) is 23.5 Å². The highest BCUT2D eigenvalue weighted by molar-refractivity contribution is 7.52. The Morgan fingerprint density at radius 1 is 1.06 bits per heavy atom. The summed E-state index contributed by atoms with van der Waals surface area (Å²) >= 11 is 2.40. The quantitative estimate of drug-likeness (QED) is 0.154. The van der Waals surface area contributed by atoms with Gasteiger partial charge in [-0.1, -0.05) is 81.3 Å². The molecule has 10 nitrogen and oxygen atoms in total. The number of thiophene rings is 1. The lowest BCUT2D eigenvalue weighted by Crippen LogP contribution is -2.59. The zero-order valence-electron chi connectivity index (χ0n) is 27.6. The molecule has 1 aliphatic heterocycles. The van der Waals surface area contributed by atoms with Gasteiger partial charge in [0.2, 0.25) is 5.91 Å². The molecule has 1 aliphatic rings. The van der Waals surface area contributed by atoms with Crippen LogP contribution in [0, 0.1) is 5.41 Å². The van der Waals surface area contributed by atoms with Crippen molar-refractivity contribution in [2.75, 3.05) is 18.0 Å². The monoisotopic (exact) mass is 732 g/mol. The second-order valence-corrected chi connectivity index (χ2v) is 16.8. The van der Waals surface area contributed by atoms with Crippen molar-refractivity contribution in [2.45, 2.75) is 71.1 Å². The summed E-state index contributed by atoms with van der Waals surface area (Å²) in [6.45, 7) is 7.98. The maximum absolute atomic E-state index is 14.4. The Bertz CT molecular complexity index is 1890. The van der Waals surface area contributed by atoms with Crippen molar-refractivity contribution < 1.29 is 37.5 Å². The van der Waals surface area contributed by atoms with Crippen LogP contribution in [0.25, 0.3) is 20.5 Å². The number of aromatic nitrogens is 1. The van der Waals surface area contributed by atoms with Crippen LogP contribution in [0.15, 0.2) is 60.8 Å². The summed E-state index contributed by atoms with van der Waals surface area (Å²) in [5.74, 6) is -1.24. The van der Waals surface area contributed by atoms with E-state index < -0.39 is 48.1 Å². The summed E-state index contributed by atoms with van der Waals surface area (Å²) in [4.78, 5) is 69.4. The number of amides is 3. The Morgan fingerprint density at radius 2 is 1.78 bits per heavy atom. The Hall–Kier alpha value is -3.55. The van der Waals surface area contributed by atoms with Crippen molar-refractivity contribution in [1.29, 1.82) is 0 Å². The van der Waals surface area contributed by atoms with E-state index in [9.17, 15) is 27.7 Å². The number of nitrogens with zero attached hydrogens (tertiary/aromatic N) is 3. The maximum Gasteiger partial charge on any atom is 0.399 e. The average molecular weight is 733 g/mol. The van der Waals surface area contributed by atoms with E-state index >= 15 is 0 Å². The third-order valence-corrected chi connectivity index (χ3v) is 11.7. The number of rotatable bonds is 9. The zero-order chi connectivity index (χ0) is 35.7. The standard InChI is InChI=1S/C34H39F2N4O6PS2/c1-5-39(32-37-20-27(49-32)21-12-8-6-9-13-21)30(42)24-14-10-7-11-17-40(24)31(43)28(33(2,3)4)38-29(41)26-19-22-18-23(15-16-25(22)48-26)34(35,36)47(44,45)46/h6,8-9,12-13,15-16,18-20,24,28H,5,7,10-11,14,17H2,1-4H3,(H,38,41)(H2,44,45,46). The molecule has 0 spiro atoms. The number of carbonyl (C=O) groups excluding carboxylic acids is 3. The number of likely N-dealkylation sites (tertiary alicyclic amines) is 1. The molecule has 1 fully saturated rings. The first-order valence-corrected chi connectivity index (χ1v) is 19.2. The number of likely N-dealkylation sites (N-methyl/N-ethyl adjacent to an activating group) is 1. The normalized spacial score (nSPS) is 16.7. The summed E-state index contributed by atoms with van der Waals surface area (Å²) < 4.78 is 40.6. The molecule has 4 aromatic rings. The fourth-order valence-corrected chi connectivity index (χ4v) is 8.26. The van der Waals surface area contributed by atoms with E-state index in [0.717, 1.165) is 46.8 Å². The minimum atomic E-state index is -5.78. The molecule has 3 amide bonds. The van der Waals surface area contributed by atoms with E-state index in [0.29, 0.717) is 35.8 Å². The van der Waals surface area contributed by atoms with Gasteiger partial charge in [-0.2, -0.15) is 8.78 Å². The van der Waals surface area contributed by atoms with Crippen LogP contribution < -0.4 is 10.2 Å². The number of carbonyl (C=O) groups is 3. The van der Waals surface area contributed by atoms with Crippen LogP contribution in [-0.4, -0.2) is 62.6 Å². The van der Waals surface area contributed by atoms with Gasteiger partial charge in [0.15, 0.2) is 5.13 Å². The van der Waals surface area contributed by atoms with Gasteiger partial charge in [0.1, 0.15) is 12.1 Å². The summed E-state index contributed by atoms with van der Waals surface area (Å²) in [6.07, 6.45) is 4.49. The molecule has 2 aromatic heterocycles. The number of fused-ring (bicyclic) bond motifs is 1. The molecule has 0 radical (unpaired) electrons. The van der Waals surface area contributed by atoms with Crippen LogP contribution in [0.2, 0.25) is 0 Å². The SMILES string of the molecule is CCN(C(=O)C1CCCCCN1C(=O)C(NC(=O)c1cc2cc(C(F)(F)P(=O)(O)O)ccc2s1)C(C)(C)C)c1ncc(-c2ccccc2)s1. The van der Waals surface area contributed by atoms with Gasteiger partial charge in [-0.25, -0.2) is 4.98 Å². The largest absolute Gasteiger partial charge is 0.399 e. The van der Waals surface area contributed by atoms with Gasteiger partial charge in [-0.15, -0.1) is 11.3 Å². The smallest absolute Gasteiger partial charge is 0.339 e. The minimum Gasteiger partial charge on any atom is -0.339 e. The molecule has 3 N–H and O–H groups in total. The number of halogens is 2. The van der Waals surface area contributed by atoms with Crippen molar-refractivity contribution in [1.82, 2.24) is 15.2 Å². The molecular weight excluding hydrogens is 693 g/mol. The van der Waals surface area contributed by atoms with Crippen LogP contribution in [0.4, 0.5) is 13.9 Å². The predicted octanol–water partition coefficient (Wildman–Crippen LogP) is 7.22. The van der Waals surface area contributed by atoms with Gasteiger partial charge in [0, 0.05) is 29.5 Å². The van der Waals surface area contributed by atoms with Gasteiger partial charge in [-0.3, -0.25) is 23.8 Å². The minimum absolute atomic E-state index is 0.132. The van der Waals surface area contributed by atoms with Crippen LogP contribution in [-0.2, 0) is 19.8 Å². The lowest BCUT2D eigenvalue weighted by molar-refractivity contribution is -0.143. The molecular formula is C34H39F2N4O6PS2. The highest BCUT2D eigenvalue weighted by Crippen LogP contribution is 2.59.